The van der Waals surface area contributed by atoms with Gasteiger partial charge in [-0.15, -0.1) is 0 Å². The Kier molecular flexibility index (Phi) is 6.86. The van der Waals surface area contributed by atoms with Crippen LogP contribution < -0.4 is 0 Å². The Bertz CT molecular complexity index is 4050. The van der Waals surface area contributed by atoms with E-state index in [-0.39, 0.29) is 0 Å². The summed E-state index contributed by atoms with van der Waals surface area (Å²) in [6.07, 6.45) is 0. The normalized spacial score (nSPS) is 12.2. The van der Waals surface area contributed by atoms with Gasteiger partial charge in [0.2, 0.25) is 0 Å². The van der Waals surface area contributed by atoms with E-state index in [4.69, 9.17) is 8.83 Å². The Hall–Kier alpha value is -8.20. The zero-order valence-corrected chi connectivity index (χ0v) is 33.4. The molecular formula is C60H34O2. The molecule has 0 amide bonds. The van der Waals surface area contributed by atoms with Crippen molar-refractivity contribution in [1.29, 1.82) is 0 Å². The van der Waals surface area contributed by atoms with E-state index in [1.165, 1.54) is 82.4 Å². The summed E-state index contributed by atoms with van der Waals surface area (Å²) in [5.41, 5.74) is 18.0. The molecule has 2 heteroatoms. The van der Waals surface area contributed by atoms with Crippen molar-refractivity contribution in [3.8, 4) is 66.8 Å². The van der Waals surface area contributed by atoms with E-state index >= 15 is 0 Å². The molecule has 0 radical (unpaired) electrons. The Balaban J connectivity index is 1.07. The first-order chi connectivity index (χ1) is 30.7. The van der Waals surface area contributed by atoms with Crippen molar-refractivity contribution >= 4 is 76.2 Å². The average Bonchev–Trinajstić information content (AvgIpc) is 3.91. The summed E-state index contributed by atoms with van der Waals surface area (Å²) in [7, 11) is 0. The van der Waals surface area contributed by atoms with E-state index in [2.05, 4.69) is 182 Å². The molecule has 1 aliphatic carbocycles. The lowest BCUT2D eigenvalue weighted by atomic mass is 9.78. The SMILES string of the molecule is c1ccc2c(c1)-c1cc(-c3ccc4oc5ccccc5c4c3)ccc1-c1ccc(-c3ccc4oc5ccccc5c4c3)cc1-c1cc3c4ccccc4c4ccccc4c3cc1-2. The van der Waals surface area contributed by atoms with Gasteiger partial charge in [-0.05, 0) is 160 Å². The predicted molar refractivity (Wildman–Crippen MR) is 260 cm³/mol. The first-order valence-electron chi connectivity index (χ1n) is 21.3. The highest BCUT2D eigenvalue weighted by molar-refractivity contribution is 6.27. The number of furan rings is 2. The highest BCUT2D eigenvalue weighted by Gasteiger charge is 2.25. The Morgan fingerprint density at radius 2 is 0.484 bits per heavy atom. The molecule has 0 atom stereocenters. The van der Waals surface area contributed by atoms with Gasteiger partial charge in [0.05, 0.1) is 0 Å². The van der Waals surface area contributed by atoms with Gasteiger partial charge in [-0.1, -0.05) is 146 Å². The second-order valence-corrected chi connectivity index (χ2v) is 16.7. The minimum atomic E-state index is 0.901. The average molecular weight is 787 g/mol. The summed E-state index contributed by atoms with van der Waals surface area (Å²) < 4.78 is 12.5. The van der Waals surface area contributed by atoms with Crippen molar-refractivity contribution in [3.05, 3.63) is 206 Å². The van der Waals surface area contributed by atoms with Gasteiger partial charge < -0.3 is 8.83 Å². The molecule has 2 aromatic heterocycles. The molecule has 0 fully saturated rings. The summed E-state index contributed by atoms with van der Waals surface area (Å²) in [6.45, 7) is 0. The van der Waals surface area contributed by atoms with E-state index in [9.17, 15) is 0 Å². The summed E-state index contributed by atoms with van der Waals surface area (Å²) in [6, 6.07) is 75.7. The van der Waals surface area contributed by atoms with Crippen LogP contribution in [0.1, 0.15) is 0 Å². The van der Waals surface area contributed by atoms with Crippen LogP contribution in [-0.2, 0) is 0 Å². The fourth-order valence-corrected chi connectivity index (χ4v) is 10.5. The number of hydrogen-bond donors (Lipinski definition) is 0. The molecule has 11 aromatic carbocycles. The molecule has 286 valence electrons. The van der Waals surface area contributed by atoms with Crippen LogP contribution in [0.4, 0.5) is 0 Å². The molecule has 0 aliphatic heterocycles. The number of fused-ring (bicyclic) bond motifs is 20. The van der Waals surface area contributed by atoms with Crippen molar-refractivity contribution in [3.63, 3.8) is 0 Å². The van der Waals surface area contributed by atoms with Crippen molar-refractivity contribution in [2.45, 2.75) is 0 Å². The largest absolute Gasteiger partial charge is 0.456 e. The molecule has 2 heterocycles. The Morgan fingerprint density at radius 1 is 0.177 bits per heavy atom. The summed E-state index contributed by atoms with van der Waals surface area (Å²) in [5.74, 6) is 0. The van der Waals surface area contributed by atoms with Gasteiger partial charge in [-0.25, -0.2) is 0 Å². The fourth-order valence-electron chi connectivity index (χ4n) is 10.5. The zero-order valence-electron chi connectivity index (χ0n) is 33.4. The number of rotatable bonds is 2. The highest BCUT2D eigenvalue weighted by atomic mass is 16.3. The van der Waals surface area contributed by atoms with Gasteiger partial charge in [0.1, 0.15) is 22.3 Å². The van der Waals surface area contributed by atoms with Gasteiger partial charge in [0, 0.05) is 21.5 Å². The third kappa shape index (κ3) is 4.80. The van der Waals surface area contributed by atoms with Gasteiger partial charge in [0.25, 0.3) is 0 Å². The highest BCUT2D eigenvalue weighted by Crippen LogP contribution is 2.52. The lowest BCUT2D eigenvalue weighted by molar-refractivity contribution is 0.668. The van der Waals surface area contributed by atoms with Gasteiger partial charge >= 0.3 is 0 Å². The van der Waals surface area contributed by atoms with Crippen LogP contribution in [0.5, 0.6) is 0 Å². The lowest BCUT2D eigenvalue weighted by Crippen LogP contribution is -1.99. The smallest absolute Gasteiger partial charge is 0.135 e. The standard InChI is InChI=1S/C60H34O2/c1-3-13-41-39(11-1)40-12-2-4-14-42(40)52-34-54-50-30-36(38-24-28-60-56(32-38)48-18-8-10-20-58(48)62-60)22-26-46(50)45-25-21-35(29-49(45)43-15-5-6-16-44(43)53(54)33-51(41)52)37-23-27-59-55(31-37)47-17-7-9-19-57(47)61-59/h1-34H. The second-order valence-electron chi connectivity index (χ2n) is 16.7. The molecule has 0 spiro atoms. The molecule has 2 nitrogen and oxygen atoms in total. The Labute approximate surface area is 356 Å². The van der Waals surface area contributed by atoms with Crippen LogP contribution in [0.15, 0.2) is 215 Å². The van der Waals surface area contributed by atoms with Crippen molar-refractivity contribution in [2.24, 2.45) is 0 Å². The van der Waals surface area contributed by atoms with Crippen LogP contribution in [0, 0.1) is 0 Å². The third-order valence-electron chi connectivity index (χ3n) is 13.4. The van der Waals surface area contributed by atoms with Crippen LogP contribution in [0.3, 0.4) is 0 Å². The molecule has 0 saturated heterocycles. The van der Waals surface area contributed by atoms with Crippen LogP contribution in [-0.4, -0.2) is 0 Å². The molecule has 14 rings (SSSR count). The van der Waals surface area contributed by atoms with E-state index in [1.807, 2.05) is 24.3 Å². The van der Waals surface area contributed by atoms with Crippen molar-refractivity contribution in [2.75, 3.05) is 0 Å². The van der Waals surface area contributed by atoms with Crippen molar-refractivity contribution in [1.82, 2.24) is 0 Å². The van der Waals surface area contributed by atoms with Gasteiger partial charge in [-0.2, -0.15) is 0 Å². The molecule has 0 bridgehead atoms. The minimum absolute atomic E-state index is 0.901. The maximum absolute atomic E-state index is 6.26. The first kappa shape index (κ1) is 33.6. The number of benzene rings is 11. The van der Waals surface area contributed by atoms with Crippen molar-refractivity contribution < 1.29 is 8.83 Å². The topological polar surface area (TPSA) is 26.3 Å². The lowest BCUT2D eigenvalue weighted by Gasteiger charge is -2.25. The van der Waals surface area contributed by atoms with Crippen LogP contribution in [0.25, 0.3) is 143 Å². The maximum atomic E-state index is 6.26. The molecular weight excluding hydrogens is 753 g/mol. The third-order valence-corrected chi connectivity index (χ3v) is 13.4. The molecule has 62 heavy (non-hydrogen) atoms. The van der Waals surface area contributed by atoms with E-state index in [1.54, 1.807) is 0 Å². The van der Waals surface area contributed by atoms with Crippen LogP contribution >= 0.6 is 0 Å². The Morgan fingerprint density at radius 3 is 0.968 bits per heavy atom. The second kappa shape index (κ2) is 12.7. The van der Waals surface area contributed by atoms with Crippen LogP contribution in [0.2, 0.25) is 0 Å². The number of para-hydroxylation sites is 2. The molecule has 1 aliphatic rings. The molecule has 13 aromatic rings. The quantitative estimate of drug-likeness (QED) is 0.163. The van der Waals surface area contributed by atoms with E-state index < -0.39 is 0 Å². The first-order valence-corrected chi connectivity index (χ1v) is 21.3. The predicted octanol–water partition coefficient (Wildman–Crippen LogP) is 17.3. The van der Waals surface area contributed by atoms with E-state index in [0.717, 1.165) is 60.6 Å². The molecule has 0 N–H and O–H groups in total. The zero-order chi connectivity index (χ0) is 40.5. The fraction of sp³-hybridized carbons (Fsp3) is 0. The van der Waals surface area contributed by atoms with E-state index in [0.29, 0.717) is 0 Å². The summed E-state index contributed by atoms with van der Waals surface area (Å²) >= 11 is 0. The monoisotopic (exact) mass is 786 g/mol. The minimum Gasteiger partial charge on any atom is -0.456 e. The summed E-state index contributed by atoms with van der Waals surface area (Å²) in [4.78, 5) is 0. The van der Waals surface area contributed by atoms with Gasteiger partial charge in [0.15, 0.2) is 0 Å². The van der Waals surface area contributed by atoms with Gasteiger partial charge in [-0.3, -0.25) is 0 Å². The molecule has 0 unspecified atom stereocenters. The maximum Gasteiger partial charge on any atom is 0.135 e. The molecule has 0 saturated carbocycles. The number of hydrogen-bond acceptors (Lipinski definition) is 2. The summed E-state index contributed by atoms with van der Waals surface area (Å²) in [5, 5.41) is 12.1.